The summed E-state index contributed by atoms with van der Waals surface area (Å²) in [4.78, 5) is 28.7. The van der Waals surface area contributed by atoms with Crippen LogP contribution in [0.4, 0.5) is 0 Å². The van der Waals surface area contributed by atoms with Crippen molar-refractivity contribution in [2.24, 2.45) is 5.92 Å². The first-order chi connectivity index (χ1) is 18.0. The molecule has 0 aromatic heterocycles. The molecule has 0 fully saturated rings. The van der Waals surface area contributed by atoms with E-state index in [1.807, 2.05) is 66.7 Å². The highest BCUT2D eigenvalue weighted by Crippen LogP contribution is 2.60. The summed E-state index contributed by atoms with van der Waals surface area (Å²) in [6.45, 7) is 4.02. The summed E-state index contributed by atoms with van der Waals surface area (Å²) < 4.78 is 11.1. The van der Waals surface area contributed by atoms with Crippen LogP contribution in [0.5, 0.6) is 17.2 Å². The van der Waals surface area contributed by atoms with Gasteiger partial charge in [-0.25, -0.2) is 0 Å². The molecule has 5 nitrogen and oxygen atoms in total. The average molecular weight is 493 g/mol. The van der Waals surface area contributed by atoms with Crippen LogP contribution in [0.25, 0.3) is 5.57 Å². The molecule has 186 valence electrons. The molecule has 0 radical (unpaired) electrons. The predicted octanol–water partition coefficient (Wildman–Crippen LogP) is 5.80. The van der Waals surface area contributed by atoms with Gasteiger partial charge >= 0.3 is 0 Å². The fraction of sp³-hybridized carbons (Fsp3) is 0.188. The lowest BCUT2D eigenvalue weighted by molar-refractivity contribution is -0.131. The molecule has 3 aromatic rings. The van der Waals surface area contributed by atoms with E-state index in [9.17, 15) is 14.7 Å². The van der Waals surface area contributed by atoms with E-state index < -0.39 is 17.3 Å². The summed E-state index contributed by atoms with van der Waals surface area (Å²) in [6.07, 6.45) is 5.49. The number of benzene rings is 3. The summed E-state index contributed by atoms with van der Waals surface area (Å²) in [5.74, 6) is -1.02. The molecule has 1 N–H and O–H groups in total. The molecule has 0 bridgehead atoms. The van der Waals surface area contributed by atoms with Gasteiger partial charge in [0, 0.05) is 35.1 Å². The van der Waals surface area contributed by atoms with Crippen LogP contribution in [-0.2, 0) is 15.0 Å². The zero-order chi connectivity index (χ0) is 26.2. The maximum atomic E-state index is 14.5. The number of phenols is 1. The van der Waals surface area contributed by atoms with Gasteiger partial charge in [0.1, 0.15) is 17.2 Å². The monoisotopic (exact) mass is 492 g/mol. The van der Waals surface area contributed by atoms with Crippen molar-refractivity contribution in [1.82, 2.24) is 0 Å². The van der Waals surface area contributed by atoms with Crippen molar-refractivity contribution >= 4 is 17.1 Å². The Labute approximate surface area is 216 Å². The van der Waals surface area contributed by atoms with Crippen molar-refractivity contribution < 1.29 is 24.2 Å². The van der Waals surface area contributed by atoms with Gasteiger partial charge in [-0.05, 0) is 29.2 Å². The maximum absolute atomic E-state index is 14.5. The molecular formula is C32H28O5. The van der Waals surface area contributed by atoms with Crippen LogP contribution >= 0.6 is 0 Å². The minimum atomic E-state index is -1.31. The standard InChI is InChI=1S/C32H28O5/c1-4-20-15-16-25-31(35)24(21-11-7-5-8-12-21)19-28(34)32(25,22-13-9-6-10-14-22)30(20)29-26(33)17-23(36-2)18-27(29)37-3/h4-15,17-19,25,30,33H,1,16H2,2-3H3/t25-,30+,32-/m0/s1. The zero-order valence-electron chi connectivity index (χ0n) is 20.8. The summed E-state index contributed by atoms with van der Waals surface area (Å²) >= 11 is 0. The van der Waals surface area contributed by atoms with Crippen molar-refractivity contribution in [1.29, 1.82) is 0 Å². The van der Waals surface area contributed by atoms with Crippen molar-refractivity contribution in [3.63, 3.8) is 0 Å². The Balaban J connectivity index is 1.85. The molecule has 0 amide bonds. The summed E-state index contributed by atoms with van der Waals surface area (Å²) in [7, 11) is 3.01. The van der Waals surface area contributed by atoms with E-state index in [0.717, 1.165) is 5.57 Å². The number of phenolic OH excluding ortho intramolecular Hbond substituents is 1. The second-order valence-electron chi connectivity index (χ2n) is 9.28. The quantitative estimate of drug-likeness (QED) is 0.471. The number of hydrogen-bond acceptors (Lipinski definition) is 5. The molecule has 5 heteroatoms. The number of Topliss-reactive ketones (excluding diaryl/α,β-unsaturated/α-hetero) is 1. The van der Waals surface area contributed by atoms with Crippen molar-refractivity contribution in [2.75, 3.05) is 14.2 Å². The smallest absolute Gasteiger partial charge is 0.168 e. The topological polar surface area (TPSA) is 72.8 Å². The Morgan fingerprint density at radius 3 is 2.27 bits per heavy atom. The van der Waals surface area contributed by atoms with Gasteiger partial charge in [-0.2, -0.15) is 0 Å². The molecule has 0 spiro atoms. The van der Waals surface area contributed by atoms with E-state index >= 15 is 0 Å². The Bertz CT molecular complexity index is 1430. The molecule has 2 aliphatic rings. The van der Waals surface area contributed by atoms with Crippen molar-refractivity contribution in [2.45, 2.75) is 17.8 Å². The molecule has 0 aliphatic heterocycles. The molecule has 37 heavy (non-hydrogen) atoms. The number of hydrogen-bond donors (Lipinski definition) is 1. The minimum Gasteiger partial charge on any atom is -0.507 e. The van der Waals surface area contributed by atoms with Gasteiger partial charge in [0.15, 0.2) is 11.6 Å². The van der Waals surface area contributed by atoms with E-state index in [0.29, 0.717) is 40.2 Å². The highest BCUT2D eigenvalue weighted by molar-refractivity contribution is 6.31. The van der Waals surface area contributed by atoms with E-state index in [4.69, 9.17) is 9.47 Å². The number of allylic oxidation sites excluding steroid dienone is 5. The van der Waals surface area contributed by atoms with Gasteiger partial charge in [-0.15, -0.1) is 0 Å². The SMILES string of the molecule is C=CC1=CC[C@H]2C(=O)C(c3ccccc3)=CC(=O)[C@@]2(c2ccccc2)[C@H]1c1c(O)cc(OC)cc1OC. The van der Waals surface area contributed by atoms with Crippen molar-refractivity contribution in [3.05, 3.63) is 120 Å². The first kappa shape index (κ1) is 24.3. The van der Waals surface area contributed by atoms with Crippen LogP contribution in [0, 0.1) is 5.92 Å². The number of ether oxygens (including phenoxy) is 2. The third kappa shape index (κ3) is 3.70. The van der Waals surface area contributed by atoms with Gasteiger partial charge in [-0.3, -0.25) is 9.59 Å². The Morgan fingerprint density at radius 1 is 0.973 bits per heavy atom. The molecule has 3 atom stereocenters. The van der Waals surface area contributed by atoms with Gasteiger partial charge in [0.2, 0.25) is 0 Å². The van der Waals surface area contributed by atoms with Crippen LogP contribution in [0.1, 0.15) is 29.0 Å². The van der Waals surface area contributed by atoms with Crippen LogP contribution in [0.2, 0.25) is 0 Å². The Morgan fingerprint density at radius 2 is 1.65 bits per heavy atom. The van der Waals surface area contributed by atoms with E-state index in [-0.39, 0.29) is 17.3 Å². The lowest BCUT2D eigenvalue weighted by atomic mass is 9.49. The first-order valence-electron chi connectivity index (χ1n) is 12.2. The summed E-state index contributed by atoms with van der Waals surface area (Å²) in [5.41, 5.74) is 1.67. The first-order valence-corrected chi connectivity index (χ1v) is 12.2. The third-order valence-electron chi connectivity index (χ3n) is 7.60. The van der Waals surface area contributed by atoms with Gasteiger partial charge in [0.25, 0.3) is 0 Å². The number of ketones is 2. The maximum Gasteiger partial charge on any atom is 0.168 e. The molecule has 0 unspecified atom stereocenters. The highest BCUT2D eigenvalue weighted by atomic mass is 16.5. The fourth-order valence-corrected chi connectivity index (χ4v) is 5.99. The number of carbonyl (C=O) groups excluding carboxylic acids is 2. The molecular weight excluding hydrogens is 464 g/mol. The second kappa shape index (κ2) is 9.58. The van der Waals surface area contributed by atoms with Gasteiger partial charge in [0.05, 0.1) is 19.6 Å². The molecule has 0 saturated heterocycles. The second-order valence-corrected chi connectivity index (χ2v) is 9.28. The predicted molar refractivity (Wildman–Crippen MR) is 143 cm³/mol. The lowest BCUT2D eigenvalue weighted by Gasteiger charge is -2.50. The zero-order valence-corrected chi connectivity index (χ0v) is 20.8. The highest BCUT2D eigenvalue weighted by Gasteiger charge is 2.60. The minimum absolute atomic E-state index is 0.0806. The number of fused-ring (bicyclic) bond motifs is 1. The van der Waals surface area contributed by atoms with Crippen LogP contribution < -0.4 is 9.47 Å². The Kier molecular flexibility index (Phi) is 6.30. The number of rotatable bonds is 6. The largest absolute Gasteiger partial charge is 0.507 e. The van der Waals surface area contributed by atoms with E-state index in [1.54, 1.807) is 12.1 Å². The van der Waals surface area contributed by atoms with Crippen LogP contribution in [0.3, 0.4) is 0 Å². The lowest BCUT2D eigenvalue weighted by Crippen LogP contribution is -2.54. The van der Waals surface area contributed by atoms with E-state index in [1.165, 1.54) is 26.4 Å². The van der Waals surface area contributed by atoms with E-state index in [2.05, 4.69) is 6.58 Å². The average Bonchev–Trinajstić information content (AvgIpc) is 2.94. The number of carbonyl (C=O) groups is 2. The summed E-state index contributed by atoms with van der Waals surface area (Å²) in [5, 5.41) is 11.3. The number of methoxy groups -OCH3 is 2. The van der Waals surface area contributed by atoms with Crippen LogP contribution in [-0.4, -0.2) is 30.9 Å². The number of aromatic hydroxyl groups is 1. The van der Waals surface area contributed by atoms with Crippen molar-refractivity contribution in [3.8, 4) is 17.2 Å². The molecule has 3 aromatic carbocycles. The van der Waals surface area contributed by atoms with Crippen LogP contribution in [0.15, 0.2) is 103 Å². The summed E-state index contributed by atoms with van der Waals surface area (Å²) in [6, 6.07) is 21.8. The third-order valence-corrected chi connectivity index (χ3v) is 7.60. The van der Waals surface area contributed by atoms with Gasteiger partial charge < -0.3 is 14.6 Å². The molecule has 0 heterocycles. The Hall–Kier alpha value is -4.38. The molecule has 5 rings (SSSR count). The molecule has 2 aliphatic carbocycles. The normalized spacial score (nSPS) is 23.0. The molecule has 0 saturated carbocycles. The van der Waals surface area contributed by atoms with Gasteiger partial charge in [-0.1, -0.05) is 79.4 Å². The fourth-order valence-electron chi connectivity index (χ4n) is 5.99.